The molecule has 1 aromatic carbocycles. The van der Waals surface area contributed by atoms with Crippen LogP contribution in [-0.2, 0) is 0 Å². The number of ether oxygens (including phenoxy) is 1. The van der Waals surface area contributed by atoms with E-state index in [2.05, 4.69) is 9.72 Å². The second-order valence-electron chi connectivity index (χ2n) is 3.33. The summed E-state index contributed by atoms with van der Waals surface area (Å²) in [6.07, 6.45) is 0. The molecule has 0 radical (unpaired) electrons. The van der Waals surface area contributed by atoms with Gasteiger partial charge >= 0.3 is 0 Å². The summed E-state index contributed by atoms with van der Waals surface area (Å²) in [4.78, 5) is 2.31. The van der Waals surface area contributed by atoms with Crippen LogP contribution in [0.1, 0.15) is 0 Å². The number of hydrogen-bond donors (Lipinski definition) is 0. The lowest BCUT2D eigenvalue weighted by Gasteiger charge is -2.08. The molecular formula is C11H3F6NO. The normalized spacial score (nSPS) is 10.6. The van der Waals surface area contributed by atoms with Crippen molar-refractivity contribution in [3.8, 4) is 11.5 Å². The highest BCUT2D eigenvalue weighted by Crippen LogP contribution is 2.30. The molecule has 0 atom stereocenters. The first-order valence-electron chi connectivity index (χ1n) is 4.73. The van der Waals surface area contributed by atoms with Crippen molar-refractivity contribution in [1.82, 2.24) is 4.98 Å². The summed E-state index contributed by atoms with van der Waals surface area (Å²) in [5.74, 6) is -12.2. The van der Waals surface area contributed by atoms with Gasteiger partial charge in [0, 0.05) is 6.07 Å². The SMILES string of the molecule is Fc1ccc(Oc2c(F)c(F)nc(F)c2F)cc1F. The van der Waals surface area contributed by atoms with Crippen LogP contribution in [0.2, 0.25) is 0 Å². The van der Waals surface area contributed by atoms with Gasteiger partial charge in [0.15, 0.2) is 11.6 Å². The van der Waals surface area contributed by atoms with Gasteiger partial charge in [0.25, 0.3) is 11.9 Å². The molecule has 2 nitrogen and oxygen atoms in total. The topological polar surface area (TPSA) is 22.1 Å². The van der Waals surface area contributed by atoms with Crippen LogP contribution in [0.3, 0.4) is 0 Å². The highest BCUT2D eigenvalue weighted by molar-refractivity contribution is 5.32. The third-order valence-electron chi connectivity index (χ3n) is 2.07. The van der Waals surface area contributed by atoms with Crippen molar-refractivity contribution in [2.24, 2.45) is 0 Å². The standard InChI is InChI=1S/C11H3F6NO/c12-5-2-1-4(3-6(5)13)19-9-7(14)10(16)18-11(17)8(9)15/h1-3H. The monoisotopic (exact) mass is 279 g/mol. The molecule has 0 amide bonds. The molecule has 0 saturated carbocycles. The van der Waals surface area contributed by atoms with E-state index in [1.165, 1.54) is 0 Å². The Morgan fingerprint density at radius 1 is 0.789 bits per heavy atom. The predicted molar refractivity (Wildman–Crippen MR) is 50.5 cm³/mol. The average Bonchev–Trinajstić information content (AvgIpc) is 2.36. The zero-order valence-electron chi connectivity index (χ0n) is 8.86. The van der Waals surface area contributed by atoms with E-state index in [0.717, 1.165) is 6.07 Å². The zero-order valence-corrected chi connectivity index (χ0v) is 8.86. The maximum absolute atomic E-state index is 13.2. The van der Waals surface area contributed by atoms with Gasteiger partial charge in [-0.3, -0.25) is 0 Å². The van der Waals surface area contributed by atoms with Crippen molar-refractivity contribution < 1.29 is 31.1 Å². The number of nitrogens with zero attached hydrogens (tertiary/aromatic N) is 1. The molecule has 0 aliphatic rings. The van der Waals surface area contributed by atoms with Gasteiger partial charge in [-0.1, -0.05) is 0 Å². The second-order valence-corrected chi connectivity index (χ2v) is 3.33. The number of hydrogen-bond acceptors (Lipinski definition) is 2. The minimum Gasteiger partial charge on any atom is -0.451 e. The number of rotatable bonds is 2. The number of pyridine rings is 1. The van der Waals surface area contributed by atoms with E-state index >= 15 is 0 Å². The van der Waals surface area contributed by atoms with Gasteiger partial charge in [0.05, 0.1) is 0 Å². The summed E-state index contributed by atoms with van der Waals surface area (Å²) in [5.41, 5.74) is 0. The zero-order chi connectivity index (χ0) is 14.2. The van der Waals surface area contributed by atoms with Gasteiger partial charge in [0.2, 0.25) is 17.4 Å². The quantitative estimate of drug-likeness (QED) is 0.617. The molecule has 1 aromatic heterocycles. The fourth-order valence-corrected chi connectivity index (χ4v) is 1.22. The van der Waals surface area contributed by atoms with Gasteiger partial charge in [0.1, 0.15) is 5.75 Å². The molecule has 0 N–H and O–H groups in total. The lowest BCUT2D eigenvalue weighted by atomic mass is 10.3. The summed E-state index contributed by atoms with van der Waals surface area (Å²) in [6, 6.07) is 1.91. The second kappa shape index (κ2) is 4.79. The van der Waals surface area contributed by atoms with Crippen LogP contribution in [0.25, 0.3) is 0 Å². The fourth-order valence-electron chi connectivity index (χ4n) is 1.22. The Kier molecular flexibility index (Phi) is 3.32. The van der Waals surface area contributed by atoms with Crippen molar-refractivity contribution in [2.45, 2.75) is 0 Å². The van der Waals surface area contributed by atoms with Gasteiger partial charge in [-0.15, -0.1) is 0 Å². The van der Waals surface area contributed by atoms with Gasteiger partial charge in [-0.05, 0) is 12.1 Å². The highest BCUT2D eigenvalue weighted by Gasteiger charge is 2.23. The van der Waals surface area contributed by atoms with Gasteiger partial charge in [-0.2, -0.15) is 22.5 Å². The maximum atomic E-state index is 13.2. The molecular weight excluding hydrogens is 276 g/mol. The van der Waals surface area contributed by atoms with Crippen LogP contribution >= 0.6 is 0 Å². The lowest BCUT2D eigenvalue weighted by Crippen LogP contribution is -2.03. The van der Waals surface area contributed by atoms with Crippen LogP contribution in [0.5, 0.6) is 11.5 Å². The predicted octanol–water partition coefficient (Wildman–Crippen LogP) is 3.71. The molecule has 0 unspecified atom stereocenters. The van der Waals surface area contributed by atoms with E-state index < -0.39 is 46.7 Å². The van der Waals surface area contributed by atoms with Crippen molar-refractivity contribution in [2.75, 3.05) is 0 Å². The molecule has 0 aliphatic heterocycles. The largest absolute Gasteiger partial charge is 0.451 e. The van der Waals surface area contributed by atoms with Crippen molar-refractivity contribution >= 4 is 0 Å². The number of halogens is 6. The molecule has 0 aliphatic carbocycles. The highest BCUT2D eigenvalue weighted by atomic mass is 19.2. The Hall–Kier alpha value is -2.25. The van der Waals surface area contributed by atoms with Gasteiger partial charge in [-0.25, -0.2) is 8.78 Å². The summed E-state index contributed by atoms with van der Waals surface area (Å²) >= 11 is 0. The molecule has 0 bridgehead atoms. The number of aromatic nitrogens is 1. The Balaban J connectivity index is 2.46. The summed E-state index contributed by atoms with van der Waals surface area (Å²) in [5, 5.41) is 0. The van der Waals surface area contributed by atoms with E-state index in [4.69, 9.17) is 0 Å². The van der Waals surface area contributed by atoms with Crippen LogP contribution in [0.4, 0.5) is 26.3 Å². The van der Waals surface area contributed by atoms with E-state index in [0.29, 0.717) is 12.1 Å². The molecule has 2 aromatic rings. The first-order valence-corrected chi connectivity index (χ1v) is 4.73. The Bertz CT molecular complexity index is 619. The van der Waals surface area contributed by atoms with Crippen molar-refractivity contribution in [3.05, 3.63) is 53.4 Å². The van der Waals surface area contributed by atoms with Crippen LogP contribution in [0.15, 0.2) is 18.2 Å². The van der Waals surface area contributed by atoms with Crippen LogP contribution < -0.4 is 4.74 Å². The molecule has 1 heterocycles. The molecule has 0 saturated heterocycles. The Morgan fingerprint density at radius 3 is 1.89 bits per heavy atom. The van der Waals surface area contributed by atoms with Gasteiger partial charge < -0.3 is 4.74 Å². The maximum Gasteiger partial charge on any atom is 0.255 e. The molecule has 0 fully saturated rings. The smallest absolute Gasteiger partial charge is 0.255 e. The van der Waals surface area contributed by atoms with E-state index in [1.807, 2.05) is 0 Å². The third kappa shape index (κ3) is 2.47. The van der Waals surface area contributed by atoms with Crippen LogP contribution in [0, 0.1) is 35.2 Å². The lowest BCUT2D eigenvalue weighted by molar-refractivity contribution is 0.341. The first-order chi connectivity index (χ1) is 8.90. The third-order valence-corrected chi connectivity index (χ3v) is 2.07. The average molecular weight is 279 g/mol. The van der Waals surface area contributed by atoms with E-state index in [9.17, 15) is 26.3 Å². The fraction of sp³-hybridized carbons (Fsp3) is 0. The van der Waals surface area contributed by atoms with E-state index in [1.54, 1.807) is 0 Å². The molecule has 8 heteroatoms. The summed E-state index contributed by atoms with van der Waals surface area (Å²) in [6.45, 7) is 0. The Labute approximate surface area is 102 Å². The summed E-state index contributed by atoms with van der Waals surface area (Å²) in [7, 11) is 0. The van der Waals surface area contributed by atoms with Crippen molar-refractivity contribution in [1.29, 1.82) is 0 Å². The summed E-state index contributed by atoms with van der Waals surface area (Å²) < 4.78 is 81.8. The molecule has 19 heavy (non-hydrogen) atoms. The number of benzene rings is 1. The van der Waals surface area contributed by atoms with Crippen LogP contribution in [-0.4, -0.2) is 4.98 Å². The molecule has 0 spiro atoms. The van der Waals surface area contributed by atoms with Crippen molar-refractivity contribution in [3.63, 3.8) is 0 Å². The minimum absolute atomic E-state index is 0.463. The minimum atomic E-state index is -1.92. The molecule has 2 rings (SSSR count). The Morgan fingerprint density at radius 2 is 1.37 bits per heavy atom. The first kappa shape index (κ1) is 13.2. The van der Waals surface area contributed by atoms with E-state index in [-0.39, 0.29) is 0 Å². The molecule has 100 valence electrons.